The monoisotopic (exact) mass is 320 g/mol. The predicted octanol–water partition coefficient (Wildman–Crippen LogP) is 2.94. The molecule has 0 aliphatic carbocycles. The van der Waals surface area contributed by atoms with E-state index in [4.69, 9.17) is 10.5 Å². The maximum absolute atomic E-state index is 11.8. The van der Waals surface area contributed by atoms with E-state index in [1.807, 2.05) is 55.5 Å². The molecule has 1 amide bonds. The van der Waals surface area contributed by atoms with Gasteiger partial charge in [0.1, 0.15) is 5.75 Å². The lowest BCUT2D eigenvalue weighted by atomic mass is 10.1. The zero-order valence-electron chi connectivity index (χ0n) is 12.5. The van der Waals surface area contributed by atoms with Crippen LogP contribution in [-0.2, 0) is 11.2 Å². The average Bonchev–Trinajstić information content (AvgIpc) is 2.49. The molecule has 0 saturated carbocycles. The summed E-state index contributed by atoms with van der Waals surface area (Å²) in [5.41, 5.74) is 8.58. The van der Waals surface area contributed by atoms with Crippen LogP contribution in [0.5, 0.6) is 5.75 Å². The molecule has 22 heavy (non-hydrogen) atoms. The first-order valence-corrected chi connectivity index (χ1v) is 6.96. The number of nitrogens with one attached hydrogen (secondary N) is 1. The largest absolute Gasteiger partial charge is 0.484 e. The third-order valence-electron chi connectivity index (χ3n) is 3.06. The predicted molar refractivity (Wildman–Crippen MR) is 91.8 cm³/mol. The van der Waals surface area contributed by atoms with Crippen molar-refractivity contribution in [3.63, 3.8) is 0 Å². The Balaban J connectivity index is 0.00000242. The van der Waals surface area contributed by atoms with Crippen LogP contribution >= 0.6 is 12.4 Å². The molecular formula is C17H21ClN2O2. The van der Waals surface area contributed by atoms with Crippen molar-refractivity contribution >= 4 is 24.0 Å². The molecule has 3 N–H and O–H groups in total. The van der Waals surface area contributed by atoms with E-state index < -0.39 is 0 Å². The standard InChI is InChI=1S/C17H20N2O2.ClH/c1-13-2-6-15(7-3-13)19-17(20)12-21-16-8-4-14(5-9-16)10-11-18;/h2-9H,10-12,18H2,1H3,(H,19,20);1H. The molecule has 0 unspecified atom stereocenters. The summed E-state index contributed by atoms with van der Waals surface area (Å²) in [5.74, 6) is 0.500. The van der Waals surface area contributed by atoms with Gasteiger partial charge in [-0.15, -0.1) is 12.4 Å². The van der Waals surface area contributed by atoms with Crippen molar-refractivity contribution in [1.82, 2.24) is 0 Å². The molecule has 0 fully saturated rings. The van der Waals surface area contributed by atoms with E-state index in [1.165, 1.54) is 0 Å². The Morgan fingerprint density at radius 2 is 1.73 bits per heavy atom. The van der Waals surface area contributed by atoms with Crippen molar-refractivity contribution in [2.45, 2.75) is 13.3 Å². The van der Waals surface area contributed by atoms with Gasteiger partial charge in [-0.05, 0) is 49.7 Å². The number of rotatable bonds is 6. The van der Waals surface area contributed by atoms with Crippen LogP contribution in [0.1, 0.15) is 11.1 Å². The highest BCUT2D eigenvalue weighted by molar-refractivity contribution is 5.91. The van der Waals surface area contributed by atoms with Crippen LogP contribution in [0, 0.1) is 6.92 Å². The normalized spacial score (nSPS) is 9.73. The summed E-state index contributed by atoms with van der Waals surface area (Å²) in [5, 5.41) is 2.79. The Hall–Kier alpha value is -2.04. The summed E-state index contributed by atoms with van der Waals surface area (Å²) >= 11 is 0. The molecule has 0 radical (unpaired) electrons. The number of anilines is 1. The van der Waals surface area contributed by atoms with Gasteiger partial charge in [-0.1, -0.05) is 29.8 Å². The highest BCUT2D eigenvalue weighted by Crippen LogP contribution is 2.13. The molecule has 4 nitrogen and oxygen atoms in total. The number of carbonyl (C=O) groups excluding carboxylic acids is 1. The first-order chi connectivity index (χ1) is 10.2. The van der Waals surface area contributed by atoms with Crippen LogP contribution < -0.4 is 15.8 Å². The van der Waals surface area contributed by atoms with Crippen molar-refractivity contribution < 1.29 is 9.53 Å². The van der Waals surface area contributed by atoms with Crippen molar-refractivity contribution in [3.05, 3.63) is 59.7 Å². The molecule has 0 aliphatic heterocycles. The van der Waals surface area contributed by atoms with Crippen molar-refractivity contribution in [3.8, 4) is 5.75 Å². The zero-order valence-corrected chi connectivity index (χ0v) is 13.4. The summed E-state index contributed by atoms with van der Waals surface area (Å²) in [6, 6.07) is 15.3. The molecule has 2 aromatic rings. The van der Waals surface area contributed by atoms with Gasteiger partial charge in [-0.3, -0.25) is 4.79 Å². The van der Waals surface area contributed by atoms with Crippen molar-refractivity contribution in [2.75, 3.05) is 18.5 Å². The van der Waals surface area contributed by atoms with Gasteiger partial charge in [-0.2, -0.15) is 0 Å². The Bertz CT molecular complexity index is 583. The topological polar surface area (TPSA) is 64.3 Å². The second-order valence-electron chi connectivity index (χ2n) is 4.89. The van der Waals surface area contributed by atoms with Crippen LogP contribution in [0.2, 0.25) is 0 Å². The van der Waals surface area contributed by atoms with E-state index in [9.17, 15) is 4.79 Å². The van der Waals surface area contributed by atoms with Crippen LogP contribution in [0.4, 0.5) is 5.69 Å². The average molecular weight is 321 g/mol. The summed E-state index contributed by atoms with van der Waals surface area (Å²) in [6.07, 6.45) is 0.841. The Morgan fingerprint density at radius 1 is 1.09 bits per heavy atom. The van der Waals surface area contributed by atoms with Gasteiger partial charge in [0.25, 0.3) is 5.91 Å². The lowest BCUT2D eigenvalue weighted by Crippen LogP contribution is -2.20. The molecule has 2 aromatic carbocycles. The molecule has 0 heterocycles. The molecule has 0 aromatic heterocycles. The highest BCUT2D eigenvalue weighted by atomic mass is 35.5. The molecule has 0 atom stereocenters. The Morgan fingerprint density at radius 3 is 2.32 bits per heavy atom. The molecule has 5 heteroatoms. The van der Waals surface area contributed by atoms with Crippen LogP contribution in [0.3, 0.4) is 0 Å². The van der Waals surface area contributed by atoms with Gasteiger partial charge >= 0.3 is 0 Å². The molecule has 0 bridgehead atoms. The number of hydrogen-bond donors (Lipinski definition) is 2. The summed E-state index contributed by atoms with van der Waals surface area (Å²) in [7, 11) is 0. The lowest BCUT2D eigenvalue weighted by Gasteiger charge is -2.08. The zero-order chi connectivity index (χ0) is 15.1. The second-order valence-corrected chi connectivity index (χ2v) is 4.89. The van der Waals surface area contributed by atoms with Gasteiger partial charge < -0.3 is 15.8 Å². The molecule has 0 spiro atoms. The van der Waals surface area contributed by atoms with E-state index in [0.717, 1.165) is 23.2 Å². The Labute approximate surface area is 137 Å². The fourth-order valence-electron chi connectivity index (χ4n) is 1.90. The fraction of sp³-hybridized carbons (Fsp3) is 0.235. The smallest absolute Gasteiger partial charge is 0.262 e. The molecule has 2 rings (SSSR count). The number of carbonyl (C=O) groups is 1. The number of benzene rings is 2. The van der Waals surface area contributed by atoms with Gasteiger partial charge in [0.15, 0.2) is 6.61 Å². The third kappa shape index (κ3) is 5.76. The molecule has 0 saturated heterocycles. The highest BCUT2D eigenvalue weighted by Gasteiger charge is 2.03. The maximum Gasteiger partial charge on any atom is 0.262 e. The lowest BCUT2D eigenvalue weighted by molar-refractivity contribution is -0.118. The quantitative estimate of drug-likeness (QED) is 0.860. The third-order valence-corrected chi connectivity index (χ3v) is 3.06. The van der Waals surface area contributed by atoms with Crippen molar-refractivity contribution in [1.29, 1.82) is 0 Å². The van der Waals surface area contributed by atoms with E-state index in [2.05, 4.69) is 5.32 Å². The van der Waals surface area contributed by atoms with Crippen LogP contribution in [0.25, 0.3) is 0 Å². The SMILES string of the molecule is Cc1ccc(NC(=O)COc2ccc(CCN)cc2)cc1.Cl. The van der Waals surface area contributed by atoms with E-state index in [1.54, 1.807) is 0 Å². The minimum Gasteiger partial charge on any atom is -0.484 e. The maximum atomic E-state index is 11.8. The minimum absolute atomic E-state index is 0. The fourth-order valence-corrected chi connectivity index (χ4v) is 1.90. The number of halogens is 1. The minimum atomic E-state index is -0.176. The summed E-state index contributed by atoms with van der Waals surface area (Å²) < 4.78 is 5.45. The van der Waals surface area contributed by atoms with E-state index in [0.29, 0.717) is 12.3 Å². The number of ether oxygens (including phenoxy) is 1. The first kappa shape index (κ1) is 18.0. The van der Waals surface area contributed by atoms with E-state index in [-0.39, 0.29) is 24.9 Å². The summed E-state index contributed by atoms with van der Waals surface area (Å²) in [6.45, 7) is 2.62. The number of hydrogen-bond acceptors (Lipinski definition) is 3. The van der Waals surface area contributed by atoms with E-state index >= 15 is 0 Å². The Kier molecular flexibility index (Phi) is 7.43. The molecular weight excluding hydrogens is 300 g/mol. The summed E-state index contributed by atoms with van der Waals surface area (Å²) in [4.78, 5) is 11.8. The van der Waals surface area contributed by atoms with Crippen molar-refractivity contribution in [2.24, 2.45) is 5.73 Å². The first-order valence-electron chi connectivity index (χ1n) is 6.96. The molecule has 0 aliphatic rings. The van der Waals surface area contributed by atoms with Gasteiger partial charge in [-0.25, -0.2) is 0 Å². The number of aryl methyl sites for hydroxylation is 1. The van der Waals surface area contributed by atoms with Crippen LogP contribution in [-0.4, -0.2) is 19.1 Å². The van der Waals surface area contributed by atoms with Gasteiger partial charge in [0.05, 0.1) is 0 Å². The molecule has 118 valence electrons. The van der Waals surface area contributed by atoms with Gasteiger partial charge in [0, 0.05) is 5.69 Å². The number of amides is 1. The van der Waals surface area contributed by atoms with Crippen LogP contribution in [0.15, 0.2) is 48.5 Å². The van der Waals surface area contributed by atoms with Gasteiger partial charge in [0.2, 0.25) is 0 Å². The second kappa shape index (κ2) is 9.07. The number of nitrogens with two attached hydrogens (primary N) is 1.